The van der Waals surface area contributed by atoms with Crippen LogP contribution in [0.4, 0.5) is 13.2 Å². The molecule has 3 nitrogen and oxygen atoms in total. The van der Waals surface area contributed by atoms with E-state index >= 15 is 0 Å². The highest BCUT2D eigenvalue weighted by molar-refractivity contribution is 5.46. The molecule has 1 atom stereocenters. The molecule has 2 aromatic carbocycles. The van der Waals surface area contributed by atoms with Crippen LogP contribution in [-0.4, -0.2) is 18.3 Å². The third-order valence-corrected chi connectivity index (χ3v) is 3.24. The average Bonchev–Trinajstić information content (AvgIpc) is 2.52. The van der Waals surface area contributed by atoms with E-state index < -0.39 is 23.6 Å². The number of ether oxygens (including phenoxy) is 2. The maximum atomic E-state index is 13.7. The smallest absolute Gasteiger partial charge is 0.194 e. The van der Waals surface area contributed by atoms with Crippen LogP contribution in [0.2, 0.25) is 0 Å². The van der Waals surface area contributed by atoms with Crippen LogP contribution in [0.25, 0.3) is 0 Å². The molecular formula is C15H11F3O3. The Morgan fingerprint density at radius 3 is 2.38 bits per heavy atom. The highest BCUT2D eigenvalue weighted by atomic mass is 19.2. The molecule has 0 amide bonds. The summed E-state index contributed by atoms with van der Waals surface area (Å²) in [5.74, 6) is -3.38. The standard InChI is InChI=1S/C15H11F3O3/c16-10-3-2-9(13(17)14(10)18)15(19)8-1-4-11-12(7-8)21-6-5-20-11/h1-4,7,15,19H,5-6H2. The van der Waals surface area contributed by atoms with Crippen LogP contribution in [0.5, 0.6) is 11.5 Å². The van der Waals surface area contributed by atoms with Gasteiger partial charge >= 0.3 is 0 Å². The van der Waals surface area contributed by atoms with Crippen molar-refractivity contribution in [3.8, 4) is 11.5 Å². The van der Waals surface area contributed by atoms with E-state index in [9.17, 15) is 18.3 Å². The Morgan fingerprint density at radius 1 is 0.905 bits per heavy atom. The highest BCUT2D eigenvalue weighted by Gasteiger charge is 2.22. The van der Waals surface area contributed by atoms with E-state index in [1.54, 1.807) is 6.07 Å². The van der Waals surface area contributed by atoms with Crippen molar-refractivity contribution in [2.24, 2.45) is 0 Å². The quantitative estimate of drug-likeness (QED) is 0.866. The molecule has 3 rings (SSSR count). The number of rotatable bonds is 2. The molecule has 2 aromatic rings. The Labute approximate surface area is 118 Å². The van der Waals surface area contributed by atoms with Gasteiger partial charge in [0, 0.05) is 5.56 Å². The Balaban J connectivity index is 1.99. The molecule has 1 heterocycles. The van der Waals surface area contributed by atoms with Crippen LogP contribution in [0, 0.1) is 17.5 Å². The van der Waals surface area contributed by atoms with Gasteiger partial charge in [-0.25, -0.2) is 13.2 Å². The zero-order chi connectivity index (χ0) is 15.0. The fraction of sp³-hybridized carbons (Fsp3) is 0.200. The summed E-state index contributed by atoms with van der Waals surface area (Å²) in [6.45, 7) is 0.790. The average molecular weight is 296 g/mol. The van der Waals surface area contributed by atoms with E-state index in [1.807, 2.05) is 0 Å². The summed E-state index contributed by atoms with van der Waals surface area (Å²) < 4.78 is 50.6. The second-order valence-electron chi connectivity index (χ2n) is 4.57. The van der Waals surface area contributed by atoms with Crippen molar-refractivity contribution < 1.29 is 27.8 Å². The summed E-state index contributed by atoms with van der Waals surface area (Å²) in [4.78, 5) is 0. The maximum absolute atomic E-state index is 13.7. The first-order chi connectivity index (χ1) is 10.1. The minimum absolute atomic E-state index is 0.296. The van der Waals surface area contributed by atoms with Crippen molar-refractivity contribution in [2.45, 2.75) is 6.10 Å². The van der Waals surface area contributed by atoms with Crippen LogP contribution in [0.3, 0.4) is 0 Å². The predicted octanol–water partition coefficient (Wildman–Crippen LogP) is 2.96. The van der Waals surface area contributed by atoms with Crippen molar-refractivity contribution in [1.82, 2.24) is 0 Å². The molecular weight excluding hydrogens is 285 g/mol. The second kappa shape index (κ2) is 5.29. The fourth-order valence-electron chi connectivity index (χ4n) is 2.16. The minimum Gasteiger partial charge on any atom is -0.486 e. The molecule has 0 aliphatic carbocycles. The van der Waals surface area contributed by atoms with E-state index in [0.717, 1.165) is 12.1 Å². The summed E-state index contributed by atoms with van der Waals surface area (Å²) in [5.41, 5.74) is -0.0465. The lowest BCUT2D eigenvalue weighted by molar-refractivity contribution is 0.169. The zero-order valence-electron chi connectivity index (χ0n) is 10.8. The summed E-state index contributed by atoms with van der Waals surface area (Å²) >= 11 is 0. The Kier molecular flexibility index (Phi) is 3.47. The first-order valence-corrected chi connectivity index (χ1v) is 6.29. The molecule has 0 fully saturated rings. The summed E-state index contributed by atoms with van der Waals surface area (Å²) in [7, 11) is 0. The lowest BCUT2D eigenvalue weighted by Gasteiger charge is -2.20. The Hall–Kier alpha value is -2.21. The lowest BCUT2D eigenvalue weighted by Crippen LogP contribution is -2.16. The first-order valence-electron chi connectivity index (χ1n) is 6.29. The molecule has 21 heavy (non-hydrogen) atoms. The fourth-order valence-corrected chi connectivity index (χ4v) is 2.16. The van der Waals surface area contributed by atoms with Gasteiger partial charge in [-0.05, 0) is 23.8 Å². The number of aliphatic hydroxyl groups is 1. The molecule has 0 radical (unpaired) electrons. The van der Waals surface area contributed by atoms with E-state index in [-0.39, 0.29) is 5.56 Å². The largest absolute Gasteiger partial charge is 0.486 e. The van der Waals surface area contributed by atoms with Gasteiger partial charge < -0.3 is 14.6 Å². The lowest BCUT2D eigenvalue weighted by atomic mass is 10.00. The summed E-state index contributed by atoms with van der Waals surface area (Å²) in [5, 5.41) is 10.2. The first kappa shape index (κ1) is 13.8. The van der Waals surface area contributed by atoms with Gasteiger partial charge in [-0.1, -0.05) is 12.1 Å². The summed E-state index contributed by atoms with van der Waals surface area (Å²) in [6.07, 6.45) is -1.43. The third-order valence-electron chi connectivity index (χ3n) is 3.24. The second-order valence-corrected chi connectivity index (χ2v) is 4.57. The number of benzene rings is 2. The Morgan fingerprint density at radius 2 is 1.62 bits per heavy atom. The topological polar surface area (TPSA) is 38.7 Å². The van der Waals surface area contributed by atoms with Gasteiger partial charge in [-0.15, -0.1) is 0 Å². The third kappa shape index (κ3) is 2.42. The van der Waals surface area contributed by atoms with Gasteiger partial charge in [0.25, 0.3) is 0 Å². The van der Waals surface area contributed by atoms with Crippen LogP contribution in [-0.2, 0) is 0 Å². The molecule has 0 saturated carbocycles. The normalized spacial score (nSPS) is 14.9. The van der Waals surface area contributed by atoms with Gasteiger partial charge in [0.1, 0.15) is 19.3 Å². The molecule has 0 spiro atoms. The molecule has 1 aliphatic heterocycles. The van der Waals surface area contributed by atoms with Crippen molar-refractivity contribution in [3.63, 3.8) is 0 Å². The molecule has 1 aliphatic rings. The molecule has 1 unspecified atom stereocenters. The molecule has 1 N–H and O–H groups in total. The van der Waals surface area contributed by atoms with Crippen molar-refractivity contribution in [3.05, 3.63) is 58.9 Å². The van der Waals surface area contributed by atoms with Crippen LogP contribution < -0.4 is 9.47 Å². The molecule has 0 saturated heterocycles. The molecule has 110 valence electrons. The van der Waals surface area contributed by atoms with E-state index in [2.05, 4.69) is 0 Å². The highest BCUT2D eigenvalue weighted by Crippen LogP contribution is 2.35. The Bertz CT molecular complexity index is 688. The SMILES string of the molecule is OC(c1ccc2c(c1)OCCO2)c1ccc(F)c(F)c1F. The van der Waals surface area contributed by atoms with Crippen molar-refractivity contribution in [2.75, 3.05) is 13.2 Å². The van der Waals surface area contributed by atoms with Crippen molar-refractivity contribution >= 4 is 0 Å². The van der Waals surface area contributed by atoms with E-state index in [0.29, 0.717) is 30.3 Å². The number of aliphatic hydroxyl groups excluding tert-OH is 1. The van der Waals surface area contributed by atoms with Gasteiger partial charge in [0.15, 0.2) is 29.0 Å². The number of halogens is 3. The zero-order valence-corrected chi connectivity index (χ0v) is 10.8. The maximum Gasteiger partial charge on any atom is 0.194 e. The number of hydrogen-bond donors (Lipinski definition) is 1. The number of fused-ring (bicyclic) bond motifs is 1. The van der Waals surface area contributed by atoms with Gasteiger partial charge in [-0.3, -0.25) is 0 Å². The molecule has 0 aromatic heterocycles. The summed E-state index contributed by atoms with van der Waals surface area (Å²) in [6, 6.07) is 6.35. The predicted molar refractivity (Wildman–Crippen MR) is 67.8 cm³/mol. The van der Waals surface area contributed by atoms with Gasteiger partial charge in [0.05, 0.1) is 0 Å². The van der Waals surface area contributed by atoms with Crippen LogP contribution >= 0.6 is 0 Å². The molecule has 6 heteroatoms. The number of hydrogen-bond acceptors (Lipinski definition) is 3. The van der Waals surface area contributed by atoms with Crippen LogP contribution in [0.15, 0.2) is 30.3 Å². The van der Waals surface area contributed by atoms with E-state index in [4.69, 9.17) is 9.47 Å². The monoisotopic (exact) mass is 296 g/mol. The van der Waals surface area contributed by atoms with Crippen LogP contribution in [0.1, 0.15) is 17.2 Å². The van der Waals surface area contributed by atoms with Gasteiger partial charge in [-0.2, -0.15) is 0 Å². The van der Waals surface area contributed by atoms with Gasteiger partial charge in [0.2, 0.25) is 0 Å². The van der Waals surface area contributed by atoms with E-state index in [1.165, 1.54) is 12.1 Å². The minimum atomic E-state index is -1.61. The molecule has 0 bridgehead atoms. The van der Waals surface area contributed by atoms with Crippen molar-refractivity contribution in [1.29, 1.82) is 0 Å².